The van der Waals surface area contributed by atoms with Gasteiger partial charge in [-0.1, -0.05) is 48.5 Å². The van der Waals surface area contributed by atoms with Gasteiger partial charge in [-0.2, -0.15) is 0 Å². The molecule has 0 heterocycles. The lowest BCUT2D eigenvalue weighted by Crippen LogP contribution is -2.26. The molecular formula is C27H23FN2O4S. The minimum atomic E-state index is -3.85. The van der Waals surface area contributed by atoms with Gasteiger partial charge in [0.2, 0.25) is 0 Å². The fourth-order valence-electron chi connectivity index (χ4n) is 3.45. The summed E-state index contributed by atoms with van der Waals surface area (Å²) in [4.78, 5) is 12.5. The number of para-hydroxylation sites is 1. The number of hydrogen-bond acceptors (Lipinski definition) is 4. The van der Waals surface area contributed by atoms with Crippen LogP contribution in [0.3, 0.4) is 0 Å². The van der Waals surface area contributed by atoms with Crippen molar-refractivity contribution >= 4 is 27.3 Å². The van der Waals surface area contributed by atoms with E-state index in [-0.39, 0.29) is 17.4 Å². The van der Waals surface area contributed by atoms with Crippen LogP contribution in [-0.2, 0) is 14.8 Å². The zero-order chi connectivity index (χ0) is 24.8. The van der Waals surface area contributed by atoms with Gasteiger partial charge in [-0.25, -0.2) is 12.8 Å². The van der Waals surface area contributed by atoms with Gasteiger partial charge in [0.1, 0.15) is 11.6 Å². The molecule has 0 aliphatic carbocycles. The molecule has 0 saturated carbocycles. The first-order chi connectivity index (χ1) is 16.8. The largest absolute Gasteiger partial charge is 0.484 e. The van der Waals surface area contributed by atoms with E-state index in [2.05, 4.69) is 5.32 Å². The zero-order valence-corrected chi connectivity index (χ0v) is 19.7. The van der Waals surface area contributed by atoms with E-state index < -0.39 is 15.8 Å². The highest BCUT2D eigenvalue weighted by Crippen LogP contribution is 2.28. The lowest BCUT2D eigenvalue weighted by molar-refractivity contribution is -0.118. The molecule has 1 N–H and O–H groups in total. The van der Waals surface area contributed by atoms with E-state index in [9.17, 15) is 17.6 Å². The molecule has 6 nitrogen and oxygen atoms in total. The summed E-state index contributed by atoms with van der Waals surface area (Å²) in [5, 5.41) is 2.87. The van der Waals surface area contributed by atoms with Crippen LogP contribution in [0.15, 0.2) is 108 Å². The highest BCUT2D eigenvalue weighted by molar-refractivity contribution is 7.92. The zero-order valence-electron chi connectivity index (χ0n) is 18.9. The van der Waals surface area contributed by atoms with Crippen LogP contribution in [0.4, 0.5) is 15.8 Å². The molecular weight excluding hydrogens is 467 g/mol. The molecule has 4 rings (SSSR count). The van der Waals surface area contributed by atoms with Crippen LogP contribution >= 0.6 is 0 Å². The summed E-state index contributed by atoms with van der Waals surface area (Å²) in [6.07, 6.45) is 0. The molecule has 4 aromatic carbocycles. The van der Waals surface area contributed by atoms with E-state index in [1.807, 2.05) is 54.6 Å². The molecule has 1 amide bonds. The van der Waals surface area contributed by atoms with Gasteiger partial charge in [0, 0.05) is 18.3 Å². The molecule has 4 aromatic rings. The standard InChI is InChI=1S/C27H23FN2O4S/c1-30(35(32,33)24-17-11-21(28)12-18-24)22-13-15-23(16-14-22)34-19-27(31)29-26-10-6-5-9-25(26)20-7-3-2-4-8-20/h2-18H,19H2,1H3,(H,29,31). The molecule has 0 aliphatic rings. The Morgan fingerprint density at radius 2 is 1.49 bits per heavy atom. The van der Waals surface area contributed by atoms with Crippen molar-refractivity contribution in [2.45, 2.75) is 4.90 Å². The van der Waals surface area contributed by atoms with Crippen LogP contribution in [0, 0.1) is 5.82 Å². The topological polar surface area (TPSA) is 75.7 Å². The summed E-state index contributed by atoms with van der Waals surface area (Å²) in [6.45, 7) is -0.216. The Morgan fingerprint density at radius 3 is 2.17 bits per heavy atom. The number of ether oxygens (including phenoxy) is 1. The Hall–Kier alpha value is -4.17. The molecule has 0 atom stereocenters. The Morgan fingerprint density at radius 1 is 0.857 bits per heavy atom. The summed E-state index contributed by atoms with van der Waals surface area (Å²) in [5.41, 5.74) is 2.95. The molecule has 0 saturated heterocycles. The summed E-state index contributed by atoms with van der Waals surface area (Å²) in [6, 6.07) is 28.2. The van der Waals surface area contributed by atoms with E-state index in [0.717, 1.165) is 27.6 Å². The number of nitrogens with one attached hydrogen (secondary N) is 1. The third-order valence-electron chi connectivity index (χ3n) is 5.33. The predicted molar refractivity (Wildman–Crippen MR) is 134 cm³/mol. The Bertz CT molecular complexity index is 1410. The van der Waals surface area contributed by atoms with Crippen LogP contribution in [0.2, 0.25) is 0 Å². The third-order valence-corrected chi connectivity index (χ3v) is 7.13. The SMILES string of the molecule is CN(c1ccc(OCC(=O)Nc2ccccc2-c2ccccc2)cc1)S(=O)(=O)c1ccc(F)cc1. The Kier molecular flexibility index (Phi) is 7.12. The van der Waals surface area contributed by atoms with Crippen molar-refractivity contribution in [3.63, 3.8) is 0 Å². The number of benzene rings is 4. The van der Waals surface area contributed by atoms with Gasteiger partial charge in [-0.05, 0) is 60.2 Å². The number of carbonyl (C=O) groups is 1. The van der Waals surface area contributed by atoms with Crippen molar-refractivity contribution in [1.29, 1.82) is 0 Å². The van der Waals surface area contributed by atoms with Gasteiger partial charge in [0.25, 0.3) is 15.9 Å². The maximum atomic E-state index is 13.1. The number of carbonyl (C=O) groups excluding carboxylic acids is 1. The average molecular weight is 491 g/mol. The lowest BCUT2D eigenvalue weighted by Gasteiger charge is -2.20. The van der Waals surface area contributed by atoms with E-state index in [0.29, 0.717) is 17.1 Å². The molecule has 0 aliphatic heterocycles. The first-order valence-corrected chi connectivity index (χ1v) is 12.2. The Labute approximate surface area is 203 Å². The molecule has 0 unspecified atom stereocenters. The summed E-state index contributed by atoms with van der Waals surface area (Å²) in [5.74, 6) is -0.429. The second-order valence-corrected chi connectivity index (χ2v) is 9.64. The van der Waals surface area contributed by atoms with Crippen LogP contribution < -0.4 is 14.4 Å². The second-order valence-electron chi connectivity index (χ2n) is 7.67. The number of nitrogens with zero attached hydrogens (tertiary/aromatic N) is 1. The van der Waals surface area contributed by atoms with Gasteiger partial charge >= 0.3 is 0 Å². The Balaban J connectivity index is 1.39. The fourth-order valence-corrected chi connectivity index (χ4v) is 4.65. The van der Waals surface area contributed by atoms with Crippen LogP contribution in [0.5, 0.6) is 5.75 Å². The van der Waals surface area contributed by atoms with Gasteiger partial charge in [-0.3, -0.25) is 9.10 Å². The number of amides is 1. The summed E-state index contributed by atoms with van der Waals surface area (Å²) < 4.78 is 45.4. The van der Waals surface area contributed by atoms with Crippen molar-refractivity contribution in [3.05, 3.63) is 109 Å². The molecule has 35 heavy (non-hydrogen) atoms. The van der Waals surface area contributed by atoms with Crippen LogP contribution in [0.25, 0.3) is 11.1 Å². The second kappa shape index (κ2) is 10.4. The monoisotopic (exact) mass is 490 g/mol. The molecule has 178 valence electrons. The number of sulfonamides is 1. The molecule has 0 bridgehead atoms. The van der Waals surface area contributed by atoms with Crippen molar-refractivity contribution in [2.24, 2.45) is 0 Å². The normalized spacial score (nSPS) is 11.0. The van der Waals surface area contributed by atoms with Crippen molar-refractivity contribution in [3.8, 4) is 16.9 Å². The lowest BCUT2D eigenvalue weighted by atomic mass is 10.0. The number of hydrogen-bond donors (Lipinski definition) is 1. The number of rotatable bonds is 8. The highest BCUT2D eigenvalue weighted by atomic mass is 32.2. The third kappa shape index (κ3) is 5.67. The maximum absolute atomic E-state index is 13.1. The van der Waals surface area contributed by atoms with Crippen molar-refractivity contribution in [2.75, 3.05) is 23.3 Å². The van der Waals surface area contributed by atoms with Crippen LogP contribution in [0.1, 0.15) is 0 Å². The molecule has 0 spiro atoms. The first kappa shape index (κ1) is 24.0. The van der Waals surface area contributed by atoms with Gasteiger partial charge in [0.05, 0.1) is 10.6 Å². The van der Waals surface area contributed by atoms with Crippen LogP contribution in [-0.4, -0.2) is 28.0 Å². The van der Waals surface area contributed by atoms with E-state index in [1.165, 1.54) is 19.2 Å². The van der Waals surface area contributed by atoms with Gasteiger partial charge in [-0.15, -0.1) is 0 Å². The predicted octanol–water partition coefficient (Wildman–Crippen LogP) is 5.34. The smallest absolute Gasteiger partial charge is 0.264 e. The van der Waals surface area contributed by atoms with Gasteiger partial charge < -0.3 is 10.1 Å². The minimum absolute atomic E-state index is 0.0193. The molecule has 8 heteroatoms. The van der Waals surface area contributed by atoms with Crippen molar-refractivity contribution in [1.82, 2.24) is 0 Å². The van der Waals surface area contributed by atoms with Gasteiger partial charge in [0.15, 0.2) is 6.61 Å². The minimum Gasteiger partial charge on any atom is -0.484 e. The quantitative estimate of drug-likeness (QED) is 0.362. The number of halogens is 1. The summed E-state index contributed by atoms with van der Waals surface area (Å²) >= 11 is 0. The van der Waals surface area contributed by atoms with Crippen molar-refractivity contribution < 1.29 is 22.3 Å². The van der Waals surface area contributed by atoms with E-state index in [4.69, 9.17) is 4.74 Å². The average Bonchev–Trinajstić information content (AvgIpc) is 2.88. The van der Waals surface area contributed by atoms with E-state index in [1.54, 1.807) is 24.3 Å². The molecule has 0 fully saturated rings. The molecule has 0 aromatic heterocycles. The fraction of sp³-hybridized carbons (Fsp3) is 0.0741. The summed E-state index contributed by atoms with van der Waals surface area (Å²) in [7, 11) is -2.44. The molecule has 0 radical (unpaired) electrons. The highest BCUT2D eigenvalue weighted by Gasteiger charge is 2.21. The first-order valence-electron chi connectivity index (χ1n) is 10.8. The number of anilines is 2. The van der Waals surface area contributed by atoms with E-state index >= 15 is 0 Å². The maximum Gasteiger partial charge on any atom is 0.264 e.